The predicted molar refractivity (Wildman–Crippen MR) is 109 cm³/mol. The summed E-state index contributed by atoms with van der Waals surface area (Å²) < 4.78 is 31.9. The molecule has 4 heterocycles. The molecule has 2 aliphatic rings. The van der Waals surface area contributed by atoms with Crippen LogP contribution in [-0.4, -0.2) is 49.4 Å². The van der Waals surface area contributed by atoms with Crippen LogP contribution in [0.25, 0.3) is 0 Å². The van der Waals surface area contributed by atoms with Crippen molar-refractivity contribution in [1.29, 1.82) is 0 Å². The van der Waals surface area contributed by atoms with Gasteiger partial charge in [0.05, 0.1) is 12.2 Å². The molecule has 2 aliphatic heterocycles. The van der Waals surface area contributed by atoms with Gasteiger partial charge in [-0.25, -0.2) is 23.1 Å². The molecule has 0 spiro atoms. The Labute approximate surface area is 182 Å². The Morgan fingerprint density at radius 2 is 1.97 bits per heavy atom. The minimum Gasteiger partial charge on any atom is -0.337 e. The number of carbonyl (C=O) groups is 2. The smallest absolute Gasteiger partial charge is 0.291 e. The van der Waals surface area contributed by atoms with Gasteiger partial charge in [-0.2, -0.15) is 5.10 Å². The first-order valence-corrected chi connectivity index (χ1v) is 10.4. The van der Waals surface area contributed by atoms with Crippen molar-refractivity contribution in [2.24, 2.45) is 0 Å². The largest absolute Gasteiger partial charge is 0.337 e. The number of aromatic nitrogens is 5. The highest BCUT2D eigenvalue weighted by molar-refractivity contribution is 6.00. The van der Waals surface area contributed by atoms with Gasteiger partial charge in [0, 0.05) is 31.6 Å². The van der Waals surface area contributed by atoms with Crippen LogP contribution in [0.15, 0.2) is 30.5 Å². The highest BCUT2D eigenvalue weighted by Crippen LogP contribution is 2.32. The van der Waals surface area contributed by atoms with Gasteiger partial charge < -0.3 is 5.32 Å². The molecule has 0 aliphatic carbocycles. The Bertz CT molecular complexity index is 1180. The lowest BCUT2D eigenvalue weighted by Gasteiger charge is -2.24. The SMILES string of the molecule is CN1C(=O)C(NC(=O)c2nc3n(n2)[C@@H](c2c(F)cccc2F)CCC3)CCn2nccc21. The summed E-state index contributed by atoms with van der Waals surface area (Å²) >= 11 is 0. The van der Waals surface area contributed by atoms with Crippen molar-refractivity contribution < 1.29 is 18.4 Å². The third-order valence-corrected chi connectivity index (χ3v) is 6.01. The second kappa shape index (κ2) is 7.81. The average Bonchev–Trinajstić information content (AvgIpc) is 3.40. The van der Waals surface area contributed by atoms with Crippen LogP contribution < -0.4 is 10.2 Å². The zero-order chi connectivity index (χ0) is 22.4. The van der Waals surface area contributed by atoms with E-state index in [1.54, 1.807) is 24.0 Å². The number of amides is 2. The third-order valence-electron chi connectivity index (χ3n) is 6.01. The summed E-state index contributed by atoms with van der Waals surface area (Å²) in [5.41, 5.74) is -0.0831. The zero-order valence-corrected chi connectivity index (χ0v) is 17.3. The standard InChI is InChI=1S/C21H21F2N7O2/c1-28-17-8-10-24-29(17)11-9-14(21(28)32)25-20(31)19-26-16-7-3-6-15(30(16)27-19)18-12(22)4-2-5-13(18)23/h2,4-5,8,10,14-15H,3,6-7,9,11H2,1H3,(H,25,31)/t14?,15-/m1/s1. The van der Waals surface area contributed by atoms with Crippen molar-refractivity contribution in [2.45, 2.75) is 44.3 Å². The monoisotopic (exact) mass is 441 g/mol. The van der Waals surface area contributed by atoms with E-state index in [-0.39, 0.29) is 17.3 Å². The lowest BCUT2D eigenvalue weighted by molar-refractivity contribution is -0.120. The molecule has 9 nitrogen and oxygen atoms in total. The maximum atomic E-state index is 14.4. The number of nitrogens with zero attached hydrogens (tertiary/aromatic N) is 6. The zero-order valence-electron chi connectivity index (χ0n) is 17.3. The Hall–Kier alpha value is -3.63. The van der Waals surface area contributed by atoms with Crippen LogP contribution in [0.4, 0.5) is 14.6 Å². The summed E-state index contributed by atoms with van der Waals surface area (Å²) in [6, 6.07) is 4.00. The van der Waals surface area contributed by atoms with Gasteiger partial charge in [-0.15, -0.1) is 5.10 Å². The Kier molecular flexibility index (Phi) is 4.95. The molecule has 2 atom stereocenters. The molecule has 11 heteroatoms. The number of anilines is 1. The van der Waals surface area contributed by atoms with Gasteiger partial charge in [0.1, 0.15) is 29.3 Å². The van der Waals surface area contributed by atoms with Gasteiger partial charge >= 0.3 is 0 Å². The summed E-state index contributed by atoms with van der Waals surface area (Å²) in [5.74, 6) is -1.18. The maximum Gasteiger partial charge on any atom is 0.291 e. The number of rotatable bonds is 3. The number of carbonyl (C=O) groups excluding carboxylic acids is 2. The fraction of sp³-hybridized carbons (Fsp3) is 0.381. The maximum absolute atomic E-state index is 14.4. The molecule has 3 aromatic rings. The van der Waals surface area contributed by atoms with Gasteiger partial charge in [-0.05, 0) is 31.4 Å². The molecule has 1 aromatic carbocycles. The molecule has 166 valence electrons. The molecule has 0 saturated heterocycles. The quantitative estimate of drug-likeness (QED) is 0.669. The molecule has 0 fully saturated rings. The minimum absolute atomic E-state index is 0.0831. The van der Waals surface area contributed by atoms with E-state index >= 15 is 0 Å². The lowest BCUT2D eigenvalue weighted by Crippen LogP contribution is -2.47. The second-order valence-corrected chi connectivity index (χ2v) is 7.96. The first-order valence-electron chi connectivity index (χ1n) is 10.4. The van der Waals surface area contributed by atoms with Crippen LogP contribution in [0.5, 0.6) is 0 Å². The first kappa shape index (κ1) is 20.3. The van der Waals surface area contributed by atoms with Crippen LogP contribution in [0.3, 0.4) is 0 Å². The van der Waals surface area contributed by atoms with Crippen LogP contribution in [0, 0.1) is 11.6 Å². The normalized spacial score (nSPS) is 20.5. The van der Waals surface area contributed by atoms with E-state index in [2.05, 4.69) is 20.5 Å². The number of hydrogen-bond acceptors (Lipinski definition) is 5. The molecular formula is C21H21F2N7O2. The number of aryl methyl sites for hydroxylation is 2. The number of benzene rings is 1. The first-order chi connectivity index (χ1) is 15.4. The third kappa shape index (κ3) is 3.33. The van der Waals surface area contributed by atoms with E-state index in [0.717, 1.165) is 0 Å². The summed E-state index contributed by atoms with van der Waals surface area (Å²) in [5, 5.41) is 11.2. The van der Waals surface area contributed by atoms with Gasteiger partial charge in [-0.1, -0.05) is 6.07 Å². The molecule has 0 radical (unpaired) electrons. The topological polar surface area (TPSA) is 97.9 Å². The molecule has 1 unspecified atom stereocenters. The molecule has 2 aromatic heterocycles. The van der Waals surface area contributed by atoms with E-state index in [9.17, 15) is 18.4 Å². The van der Waals surface area contributed by atoms with Gasteiger partial charge in [-0.3, -0.25) is 14.5 Å². The molecule has 5 rings (SSSR count). The van der Waals surface area contributed by atoms with Crippen LogP contribution in [0.2, 0.25) is 0 Å². The van der Waals surface area contributed by atoms with Crippen LogP contribution in [0.1, 0.15) is 47.3 Å². The van der Waals surface area contributed by atoms with E-state index in [0.29, 0.717) is 43.9 Å². The predicted octanol–water partition coefficient (Wildman–Crippen LogP) is 1.84. The van der Waals surface area contributed by atoms with Crippen LogP contribution in [-0.2, 0) is 17.8 Å². The van der Waals surface area contributed by atoms with Crippen molar-refractivity contribution >= 4 is 17.6 Å². The second-order valence-electron chi connectivity index (χ2n) is 7.96. The van der Waals surface area contributed by atoms with Gasteiger partial charge in [0.25, 0.3) is 11.8 Å². The average molecular weight is 441 g/mol. The Morgan fingerprint density at radius 1 is 1.19 bits per heavy atom. The van der Waals surface area contributed by atoms with Crippen LogP contribution >= 0.6 is 0 Å². The molecule has 0 bridgehead atoms. The van der Waals surface area contributed by atoms with Gasteiger partial charge in [0.15, 0.2) is 0 Å². The summed E-state index contributed by atoms with van der Waals surface area (Å²) in [6.07, 6.45) is 3.66. The van der Waals surface area contributed by atoms with Crippen molar-refractivity contribution in [3.8, 4) is 0 Å². The van der Waals surface area contributed by atoms with E-state index in [1.807, 2.05) is 0 Å². The molecule has 32 heavy (non-hydrogen) atoms. The van der Waals surface area contributed by atoms with E-state index < -0.39 is 29.6 Å². The molecule has 1 N–H and O–H groups in total. The minimum atomic E-state index is -0.769. The summed E-state index contributed by atoms with van der Waals surface area (Å²) in [4.78, 5) is 31.5. The highest BCUT2D eigenvalue weighted by atomic mass is 19.1. The summed E-state index contributed by atoms with van der Waals surface area (Å²) in [7, 11) is 1.63. The lowest BCUT2D eigenvalue weighted by atomic mass is 9.97. The Morgan fingerprint density at radius 3 is 2.75 bits per heavy atom. The number of hydrogen-bond donors (Lipinski definition) is 1. The summed E-state index contributed by atoms with van der Waals surface area (Å²) in [6.45, 7) is 0.463. The highest BCUT2D eigenvalue weighted by Gasteiger charge is 2.33. The number of fused-ring (bicyclic) bond motifs is 2. The molecule has 0 saturated carbocycles. The van der Waals surface area contributed by atoms with E-state index in [1.165, 1.54) is 27.8 Å². The number of halogens is 2. The number of nitrogens with one attached hydrogen (secondary N) is 1. The van der Waals surface area contributed by atoms with E-state index in [4.69, 9.17) is 0 Å². The fourth-order valence-electron chi connectivity index (χ4n) is 4.40. The van der Waals surface area contributed by atoms with Crippen molar-refractivity contribution in [2.75, 3.05) is 11.9 Å². The molecular weight excluding hydrogens is 420 g/mol. The van der Waals surface area contributed by atoms with Crippen molar-refractivity contribution in [3.05, 3.63) is 59.3 Å². The Balaban J connectivity index is 1.39. The van der Waals surface area contributed by atoms with Gasteiger partial charge in [0.2, 0.25) is 5.82 Å². The van der Waals surface area contributed by atoms with Crippen molar-refractivity contribution in [3.63, 3.8) is 0 Å². The fourth-order valence-corrected chi connectivity index (χ4v) is 4.40. The van der Waals surface area contributed by atoms with Crippen molar-refractivity contribution in [1.82, 2.24) is 29.9 Å². The number of likely N-dealkylation sites (N-methyl/N-ethyl adjacent to an activating group) is 1. The molecule has 2 amide bonds.